The topological polar surface area (TPSA) is 46.2 Å². The van der Waals surface area contributed by atoms with Crippen LogP contribution in [-0.2, 0) is 5.60 Å². The van der Waals surface area contributed by atoms with Crippen molar-refractivity contribution in [3.8, 4) is 0 Å². The summed E-state index contributed by atoms with van der Waals surface area (Å²) in [6.45, 7) is 2.44. The van der Waals surface area contributed by atoms with Gasteiger partial charge in [0.15, 0.2) is 0 Å². The minimum Gasteiger partial charge on any atom is -0.385 e. The van der Waals surface area contributed by atoms with Gasteiger partial charge in [-0.05, 0) is 37.5 Å². The Kier molecular flexibility index (Phi) is 4.54. The molecule has 1 aromatic carbocycles. The van der Waals surface area contributed by atoms with Crippen molar-refractivity contribution in [3.63, 3.8) is 0 Å². The van der Waals surface area contributed by atoms with Gasteiger partial charge >= 0.3 is 0 Å². The highest BCUT2D eigenvalue weighted by molar-refractivity contribution is 6.30. The van der Waals surface area contributed by atoms with Gasteiger partial charge in [0.1, 0.15) is 0 Å². The Morgan fingerprint density at radius 3 is 2.16 bits per heavy atom. The Balaban J connectivity index is 2.36. The first-order valence-corrected chi connectivity index (χ1v) is 7.58. The molecule has 1 unspecified atom stereocenters. The van der Waals surface area contributed by atoms with Gasteiger partial charge in [-0.3, -0.25) is 0 Å². The van der Waals surface area contributed by atoms with Crippen molar-refractivity contribution in [2.45, 2.75) is 51.0 Å². The Hall–Kier alpha value is -0.570. The number of hydrogen-bond acceptors (Lipinski definition) is 2. The van der Waals surface area contributed by atoms with E-state index in [-0.39, 0.29) is 5.41 Å². The molecular formula is C16H24ClNO. The minimum atomic E-state index is -0.892. The summed E-state index contributed by atoms with van der Waals surface area (Å²) in [5.41, 5.74) is 5.89. The van der Waals surface area contributed by atoms with Crippen LogP contribution in [0.1, 0.15) is 51.0 Å². The van der Waals surface area contributed by atoms with E-state index < -0.39 is 5.60 Å². The highest BCUT2D eigenvalue weighted by atomic mass is 35.5. The van der Waals surface area contributed by atoms with Gasteiger partial charge in [0, 0.05) is 17.0 Å². The van der Waals surface area contributed by atoms with Crippen molar-refractivity contribution in [2.24, 2.45) is 11.1 Å². The largest absolute Gasteiger partial charge is 0.385 e. The smallest absolute Gasteiger partial charge is 0.0936 e. The summed E-state index contributed by atoms with van der Waals surface area (Å²) in [5.74, 6) is 0. The van der Waals surface area contributed by atoms with E-state index in [4.69, 9.17) is 17.3 Å². The zero-order chi connectivity index (χ0) is 13.9. The maximum absolute atomic E-state index is 11.2. The van der Waals surface area contributed by atoms with Gasteiger partial charge < -0.3 is 10.8 Å². The van der Waals surface area contributed by atoms with Gasteiger partial charge in [-0.15, -0.1) is 0 Å². The molecule has 0 radical (unpaired) electrons. The molecule has 0 amide bonds. The van der Waals surface area contributed by atoms with Crippen LogP contribution in [0.2, 0.25) is 5.02 Å². The summed E-state index contributed by atoms with van der Waals surface area (Å²) in [6, 6.07) is 7.52. The molecule has 1 fully saturated rings. The average Bonchev–Trinajstić information content (AvgIpc) is 2.65. The Morgan fingerprint density at radius 2 is 1.68 bits per heavy atom. The molecule has 0 saturated heterocycles. The molecule has 1 aliphatic rings. The third-order valence-electron chi connectivity index (χ3n) is 4.89. The van der Waals surface area contributed by atoms with E-state index in [0.717, 1.165) is 31.2 Å². The molecule has 0 aromatic heterocycles. The lowest BCUT2D eigenvalue weighted by molar-refractivity contribution is -0.0814. The lowest BCUT2D eigenvalue weighted by Crippen LogP contribution is -2.48. The lowest BCUT2D eigenvalue weighted by Gasteiger charge is -2.45. The summed E-state index contributed by atoms with van der Waals surface area (Å²) in [7, 11) is 0. The van der Waals surface area contributed by atoms with Crippen molar-refractivity contribution in [3.05, 3.63) is 34.9 Å². The van der Waals surface area contributed by atoms with Crippen LogP contribution < -0.4 is 5.73 Å². The molecule has 2 nitrogen and oxygen atoms in total. The van der Waals surface area contributed by atoms with Crippen LogP contribution in [0.15, 0.2) is 24.3 Å². The van der Waals surface area contributed by atoms with E-state index in [1.54, 1.807) is 0 Å². The predicted octanol–water partition coefficient (Wildman–Crippen LogP) is 3.85. The van der Waals surface area contributed by atoms with Crippen molar-refractivity contribution >= 4 is 11.6 Å². The highest BCUT2D eigenvalue weighted by Crippen LogP contribution is 2.48. The SMILES string of the molecule is CC(O)(c1ccc(Cl)cc1)C1(CN)CCCCCC1. The Morgan fingerprint density at radius 1 is 1.16 bits per heavy atom. The number of hydrogen-bond donors (Lipinski definition) is 2. The van der Waals surface area contributed by atoms with Crippen molar-refractivity contribution in [1.29, 1.82) is 0 Å². The molecule has 0 bridgehead atoms. The maximum Gasteiger partial charge on any atom is 0.0936 e. The monoisotopic (exact) mass is 281 g/mol. The summed E-state index contributed by atoms with van der Waals surface area (Å²) < 4.78 is 0. The Bertz CT molecular complexity index is 405. The molecule has 3 N–H and O–H groups in total. The first kappa shape index (κ1) is 14.8. The predicted molar refractivity (Wildman–Crippen MR) is 80.2 cm³/mol. The molecule has 1 atom stereocenters. The third kappa shape index (κ3) is 2.81. The van der Waals surface area contributed by atoms with E-state index in [9.17, 15) is 5.11 Å². The number of benzene rings is 1. The van der Waals surface area contributed by atoms with E-state index >= 15 is 0 Å². The van der Waals surface area contributed by atoms with E-state index in [1.807, 2.05) is 31.2 Å². The van der Waals surface area contributed by atoms with Crippen LogP contribution in [-0.4, -0.2) is 11.7 Å². The average molecular weight is 282 g/mol. The number of halogens is 1. The lowest BCUT2D eigenvalue weighted by atomic mass is 9.65. The van der Waals surface area contributed by atoms with Crippen LogP contribution in [0, 0.1) is 5.41 Å². The van der Waals surface area contributed by atoms with Crippen LogP contribution in [0.25, 0.3) is 0 Å². The van der Waals surface area contributed by atoms with Gasteiger partial charge in [0.25, 0.3) is 0 Å². The van der Waals surface area contributed by atoms with E-state index in [0.29, 0.717) is 11.6 Å². The standard InChI is InChI=1S/C16H24ClNO/c1-15(19,13-6-8-14(17)9-7-13)16(12-18)10-4-2-3-5-11-16/h6-9,19H,2-5,10-12,18H2,1H3. The van der Waals surface area contributed by atoms with Gasteiger partial charge in [0.2, 0.25) is 0 Å². The summed E-state index contributed by atoms with van der Waals surface area (Å²) in [6.07, 6.45) is 6.80. The second kappa shape index (κ2) is 5.82. The summed E-state index contributed by atoms with van der Waals surface area (Å²) in [4.78, 5) is 0. The highest BCUT2D eigenvalue weighted by Gasteiger charge is 2.46. The molecular weight excluding hydrogens is 258 g/mol. The van der Waals surface area contributed by atoms with Crippen molar-refractivity contribution in [2.75, 3.05) is 6.54 Å². The molecule has 0 aliphatic heterocycles. The number of nitrogens with two attached hydrogens (primary N) is 1. The minimum absolute atomic E-state index is 0.211. The fraction of sp³-hybridized carbons (Fsp3) is 0.625. The second-order valence-electron chi connectivity index (χ2n) is 5.98. The second-order valence-corrected chi connectivity index (χ2v) is 6.41. The van der Waals surface area contributed by atoms with Crippen LogP contribution in [0.4, 0.5) is 0 Å². The molecule has 1 aromatic rings. The molecule has 3 heteroatoms. The van der Waals surface area contributed by atoms with Gasteiger partial charge in [-0.25, -0.2) is 0 Å². The zero-order valence-electron chi connectivity index (χ0n) is 11.7. The number of rotatable bonds is 3. The quantitative estimate of drug-likeness (QED) is 0.827. The van der Waals surface area contributed by atoms with Crippen molar-refractivity contribution < 1.29 is 5.11 Å². The zero-order valence-corrected chi connectivity index (χ0v) is 12.4. The molecule has 1 saturated carbocycles. The molecule has 0 spiro atoms. The molecule has 1 aliphatic carbocycles. The van der Waals surface area contributed by atoms with Crippen LogP contribution in [0.3, 0.4) is 0 Å². The maximum atomic E-state index is 11.2. The van der Waals surface area contributed by atoms with Gasteiger partial charge in [-0.2, -0.15) is 0 Å². The molecule has 106 valence electrons. The van der Waals surface area contributed by atoms with Crippen LogP contribution >= 0.6 is 11.6 Å². The van der Waals surface area contributed by atoms with Crippen molar-refractivity contribution in [1.82, 2.24) is 0 Å². The normalized spacial score (nSPS) is 22.5. The van der Waals surface area contributed by atoms with Crippen LogP contribution in [0.5, 0.6) is 0 Å². The molecule has 0 heterocycles. The van der Waals surface area contributed by atoms with E-state index in [2.05, 4.69) is 0 Å². The Labute approximate surface area is 121 Å². The van der Waals surface area contributed by atoms with Gasteiger partial charge in [0.05, 0.1) is 5.60 Å². The summed E-state index contributed by atoms with van der Waals surface area (Å²) in [5, 5.41) is 11.9. The number of aliphatic hydroxyl groups is 1. The fourth-order valence-electron chi connectivity index (χ4n) is 3.38. The molecule has 2 rings (SSSR count). The summed E-state index contributed by atoms with van der Waals surface area (Å²) >= 11 is 5.94. The van der Waals surface area contributed by atoms with Gasteiger partial charge in [-0.1, -0.05) is 49.4 Å². The van der Waals surface area contributed by atoms with E-state index in [1.165, 1.54) is 12.8 Å². The molecule has 19 heavy (non-hydrogen) atoms. The third-order valence-corrected chi connectivity index (χ3v) is 5.14. The first-order chi connectivity index (χ1) is 9.02. The first-order valence-electron chi connectivity index (χ1n) is 7.20. The fourth-order valence-corrected chi connectivity index (χ4v) is 3.50.